The van der Waals surface area contributed by atoms with Crippen molar-refractivity contribution < 1.29 is 19.2 Å². The number of carbonyl (C=O) groups excluding carboxylic acids is 4. The predicted molar refractivity (Wildman–Crippen MR) is 99.6 cm³/mol. The third kappa shape index (κ3) is 6.15. The molecule has 0 heterocycles. The van der Waals surface area contributed by atoms with Crippen LogP contribution in [0.3, 0.4) is 0 Å². The molecule has 1 saturated carbocycles. The molecule has 1 aliphatic rings. The summed E-state index contributed by atoms with van der Waals surface area (Å²) in [6, 6.07) is 6.65. The van der Waals surface area contributed by atoms with Gasteiger partial charge in [-0.1, -0.05) is 11.6 Å². The van der Waals surface area contributed by atoms with E-state index >= 15 is 0 Å². The first-order valence-electron chi connectivity index (χ1n) is 8.36. The van der Waals surface area contributed by atoms with Crippen LogP contribution in [-0.2, 0) is 19.2 Å². The zero-order valence-electron chi connectivity index (χ0n) is 14.5. The van der Waals surface area contributed by atoms with Gasteiger partial charge in [-0.2, -0.15) is 5.10 Å². The molecule has 0 unspecified atom stereocenters. The number of benzene rings is 1. The van der Waals surface area contributed by atoms with Gasteiger partial charge in [-0.15, -0.1) is 0 Å². The Labute approximate surface area is 160 Å². The Morgan fingerprint density at radius 2 is 1.81 bits per heavy atom. The van der Waals surface area contributed by atoms with E-state index in [0.29, 0.717) is 29.3 Å². The van der Waals surface area contributed by atoms with Gasteiger partial charge in [-0.05, 0) is 43.5 Å². The van der Waals surface area contributed by atoms with E-state index in [1.54, 1.807) is 29.7 Å². The van der Waals surface area contributed by atoms with Crippen LogP contribution in [0.4, 0.5) is 5.69 Å². The fourth-order valence-electron chi connectivity index (χ4n) is 2.72. The number of ketones is 1. The molecule has 27 heavy (non-hydrogen) atoms. The number of halogens is 1. The van der Waals surface area contributed by atoms with Crippen LogP contribution < -0.4 is 22.0 Å². The number of nitrogens with zero attached hydrogens (tertiary/aromatic N) is 1. The van der Waals surface area contributed by atoms with Crippen LogP contribution in [0.5, 0.6) is 0 Å². The standard InChI is InChI=1S/C17H20ClN5O4/c18-10-4-6-11(7-5-10)20-15(25)9-8-14(24)12-2-1-3-13(12)22-23-17(27)16(26)21-19/h4-7,12H,1-3,8-9,19H2,(H,20,25)(H,21,26)(H,23,27)/b22-13-/t12-/m0/s1. The zero-order valence-corrected chi connectivity index (χ0v) is 15.2. The Kier molecular flexibility index (Phi) is 7.44. The lowest BCUT2D eigenvalue weighted by atomic mass is 9.97. The highest BCUT2D eigenvalue weighted by Gasteiger charge is 2.29. The molecule has 0 aliphatic heterocycles. The van der Waals surface area contributed by atoms with Gasteiger partial charge in [-0.3, -0.25) is 24.6 Å². The van der Waals surface area contributed by atoms with Gasteiger partial charge in [0.2, 0.25) is 5.91 Å². The summed E-state index contributed by atoms with van der Waals surface area (Å²) in [4.78, 5) is 46.8. The molecule has 1 aliphatic carbocycles. The minimum atomic E-state index is -1.03. The quantitative estimate of drug-likeness (QED) is 0.245. The fourth-order valence-corrected chi connectivity index (χ4v) is 2.84. The molecule has 0 aromatic heterocycles. The number of anilines is 1. The van der Waals surface area contributed by atoms with Gasteiger partial charge in [0.15, 0.2) is 0 Å². The molecule has 5 N–H and O–H groups in total. The van der Waals surface area contributed by atoms with Crippen molar-refractivity contribution in [3.05, 3.63) is 29.3 Å². The van der Waals surface area contributed by atoms with E-state index < -0.39 is 17.7 Å². The highest BCUT2D eigenvalue weighted by atomic mass is 35.5. The number of nitrogens with two attached hydrogens (primary N) is 1. The molecule has 0 bridgehead atoms. The maximum Gasteiger partial charge on any atom is 0.330 e. The van der Waals surface area contributed by atoms with Gasteiger partial charge in [-0.25, -0.2) is 11.3 Å². The van der Waals surface area contributed by atoms with Crippen molar-refractivity contribution in [3.63, 3.8) is 0 Å². The molecule has 10 heteroatoms. The van der Waals surface area contributed by atoms with Crippen LogP contribution in [0, 0.1) is 5.92 Å². The molecule has 0 spiro atoms. The maximum absolute atomic E-state index is 12.4. The van der Waals surface area contributed by atoms with Gasteiger partial charge in [0.05, 0.1) is 5.92 Å². The Morgan fingerprint density at radius 1 is 1.11 bits per heavy atom. The van der Waals surface area contributed by atoms with Crippen LogP contribution >= 0.6 is 11.6 Å². The lowest BCUT2D eigenvalue weighted by molar-refractivity contribution is -0.139. The summed E-state index contributed by atoms with van der Waals surface area (Å²) in [5.41, 5.74) is 4.86. The summed E-state index contributed by atoms with van der Waals surface area (Å²) in [5, 5.41) is 7.12. The normalized spacial score (nSPS) is 17.4. The van der Waals surface area contributed by atoms with E-state index in [2.05, 4.69) is 15.8 Å². The number of carbonyl (C=O) groups is 4. The summed E-state index contributed by atoms with van der Waals surface area (Å²) in [7, 11) is 0. The molecular weight excluding hydrogens is 374 g/mol. The van der Waals surface area contributed by atoms with Crippen molar-refractivity contribution in [1.82, 2.24) is 10.9 Å². The van der Waals surface area contributed by atoms with Crippen molar-refractivity contribution in [1.29, 1.82) is 0 Å². The number of rotatable bonds is 6. The van der Waals surface area contributed by atoms with E-state index in [1.165, 1.54) is 0 Å². The topological polar surface area (TPSA) is 143 Å². The first kappa shape index (κ1) is 20.5. The first-order valence-corrected chi connectivity index (χ1v) is 8.74. The molecule has 1 aromatic rings. The molecular formula is C17H20ClN5O4. The molecule has 0 radical (unpaired) electrons. The average molecular weight is 394 g/mol. The van der Waals surface area contributed by atoms with Crippen molar-refractivity contribution in [2.24, 2.45) is 16.9 Å². The largest absolute Gasteiger partial charge is 0.330 e. The molecule has 2 rings (SSSR count). The minimum Gasteiger partial charge on any atom is -0.326 e. The monoisotopic (exact) mass is 393 g/mol. The first-order chi connectivity index (χ1) is 12.9. The Hall–Kier alpha value is -2.78. The Bertz CT molecular complexity index is 763. The third-order valence-electron chi connectivity index (χ3n) is 4.08. The second-order valence-electron chi connectivity index (χ2n) is 5.98. The molecule has 1 atom stereocenters. The van der Waals surface area contributed by atoms with Crippen LogP contribution in [0.1, 0.15) is 32.1 Å². The SMILES string of the molecule is NNC(=O)C(=O)N/N=C1/CCC[C@@H]1C(=O)CCC(=O)Nc1ccc(Cl)cc1. The van der Waals surface area contributed by atoms with Crippen LogP contribution in [-0.4, -0.2) is 29.2 Å². The zero-order chi connectivity index (χ0) is 19.8. The van der Waals surface area contributed by atoms with E-state index in [9.17, 15) is 19.2 Å². The van der Waals surface area contributed by atoms with Gasteiger partial charge in [0.25, 0.3) is 0 Å². The van der Waals surface area contributed by atoms with Crippen LogP contribution in [0.25, 0.3) is 0 Å². The van der Waals surface area contributed by atoms with Crippen molar-refractivity contribution in [3.8, 4) is 0 Å². The number of hydrazone groups is 1. The molecule has 1 aromatic carbocycles. The maximum atomic E-state index is 12.4. The van der Waals surface area contributed by atoms with Gasteiger partial charge in [0, 0.05) is 29.3 Å². The molecule has 3 amide bonds. The minimum absolute atomic E-state index is 0.0349. The number of Topliss-reactive ketones (excluding diaryl/α,β-unsaturated/α-hetero) is 1. The highest BCUT2D eigenvalue weighted by Crippen LogP contribution is 2.25. The van der Waals surface area contributed by atoms with Gasteiger partial charge in [0.1, 0.15) is 5.78 Å². The summed E-state index contributed by atoms with van der Waals surface area (Å²) in [6.45, 7) is 0. The predicted octanol–water partition coefficient (Wildman–Crippen LogP) is 0.890. The number of amides is 3. The summed E-state index contributed by atoms with van der Waals surface area (Å²) < 4.78 is 0. The number of nitrogens with one attached hydrogen (secondary N) is 3. The second-order valence-corrected chi connectivity index (χ2v) is 6.42. The average Bonchev–Trinajstić information content (AvgIpc) is 3.14. The highest BCUT2D eigenvalue weighted by molar-refractivity contribution is 6.35. The summed E-state index contributed by atoms with van der Waals surface area (Å²) >= 11 is 5.78. The van der Waals surface area contributed by atoms with Crippen molar-refractivity contribution >= 4 is 46.5 Å². The third-order valence-corrected chi connectivity index (χ3v) is 4.33. The summed E-state index contributed by atoms with van der Waals surface area (Å²) in [6.07, 6.45) is 1.96. The lowest BCUT2D eigenvalue weighted by Gasteiger charge is -2.10. The van der Waals surface area contributed by atoms with E-state index in [-0.39, 0.29) is 24.5 Å². The molecule has 144 valence electrons. The number of hydrogen-bond acceptors (Lipinski definition) is 6. The van der Waals surface area contributed by atoms with Crippen molar-refractivity contribution in [2.45, 2.75) is 32.1 Å². The van der Waals surface area contributed by atoms with Crippen LogP contribution in [0.2, 0.25) is 5.02 Å². The summed E-state index contributed by atoms with van der Waals surface area (Å²) in [5.74, 6) is 1.94. The van der Waals surface area contributed by atoms with Crippen molar-refractivity contribution in [2.75, 3.05) is 5.32 Å². The van der Waals surface area contributed by atoms with Crippen LogP contribution in [0.15, 0.2) is 29.4 Å². The smallest absolute Gasteiger partial charge is 0.326 e. The van der Waals surface area contributed by atoms with E-state index in [0.717, 1.165) is 6.42 Å². The molecule has 0 saturated heterocycles. The molecule has 9 nitrogen and oxygen atoms in total. The number of hydrogen-bond donors (Lipinski definition) is 4. The van der Waals surface area contributed by atoms with E-state index in [1.807, 2.05) is 0 Å². The fraction of sp³-hybridized carbons (Fsp3) is 0.353. The Morgan fingerprint density at radius 3 is 2.48 bits per heavy atom. The van der Waals surface area contributed by atoms with Gasteiger partial charge < -0.3 is 5.32 Å². The molecule has 1 fully saturated rings. The second kappa shape index (κ2) is 9.79. The lowest BCUT2D eigenvalue weighted by Crippen LogP contribution is -2.41. The number of hydrazine groups is 1. The Balaban J connectivity index is 1.84. The van der Waals surface area contributed by atoms with E-state index in [4.69, 9.17) is 17.4 Å². The van der Waals surface area contributed by atoms with Gasteiger partial charge >= 0.3 is 11.8 Å².